The molecule has 0 radical (unpaired) electrons. The van der Waals surface area contributed by atoms with Gasteiger partial charge in [0.05, 0.1) is 6.42 Å². The van der Waals surface area contributed by atoms with Crippen LogP contribution in [0.15, 0.2) is 43.0 Å². The molecule has 14 heavy (non-hydrogen) atoms. The molecule has 0 aliphatic rings. The van der Waals surface area contributed by atoms with Crippen LogP contribution >= 0.6 is 0 Å². The number of likely N-dealkylation sites (N-methyl/N-ethyl adjacent to an activating group) is 1. The zero-order valence-electron chi connectivity index (χ0n) is 8.44. The molecule has 0 heterocycles. The summed E-state index contributed by atoms with van der Waals surface area (Å²) in [6.45, 7) is 4.20. The molecule has 1 amide bonds. The molecule has 0 unspecified atom stereocenters. The maximum Gasteiger partial charge on any atom is 0.227 e. The highest BCUT2D eigenvalue weighted by molar-refractivity contribution is 5.78. The van der Waals surface area contributed by atoms with Crippen LogP contribution in [0.3, 0.4) is 0 Å². The van der Waals surface area contributed by atoms with Crippen LogP contribution in [0, 0.1) is 0 Å². The van der Waals surface area contributed by atoms with Crippen molar-refractivity contribution >= 4 is 5.91 Å². The van der Waals surface area contributed by atoms with Crippen molar-refractivity contribution in [1.29, 1.82) is 0 Å². The highest BCUT2D eigenvalue weighted by atomic mass is 16.2. The van der Waals surface area contributed by atoms with Gasteiger partial charge in [0, 0.05) is 13.6 Å². The first kappa shape index (κ1) is 10.5. The van der Waals surface area contributed by atoms with E-state index in [1.807, 2.05) is 30.3 Å². The maximum atomic E-state index is 11.6. The molecular weight excluding hydrogens is 174 g/mol. The van der Waals surface area contributed by atoms with Gasteiger partial charge in [-0.1, -0.05) is 36.4 Å². The predicted molar refractivity (Wildman–Crippen MR) is 58.0 cm³/mol. The van der Waals surface area contributed by atoms with E-state index in [9.17, 15) is 4.79 Å². The first-order valence-electron chi connectivity index (χ1n) is 4.63. The summed E-state index contributed by atoms with van der Waals surface area (Å²) < 4.78 is 0. The van der Waals surface area contributed by atoms with Crippen molar-refractivity contribution in [3.05, 3.63) is 48.6 Å². The van der Waals surface area contributed by atoms with Gasteiger partial charge in [-0.05, 0) is 5.56 Å². The largest absolute Gasteiger partial charge is 0.342 e. The van der Waals surface area contributed by atoms with E-state index in [-0.39, 0.29) is 5.91 Å². The van der Waals surface area contributed by atoms with Gasteiger partial charge in [0.1, 0.15) is 0 Å². The number of hydrogen-bond donors (Lipinski definition) is 0. The lowest BCUT2D eigenvalue weighted by molar-refractivity contribution is -0.128. The van der Waals surface area contributed by atoms with Gasteiger partial charge < -0.3 is 4.90 Å². The van der Waals surface area contributed by atoms with Crippen LogP contribution in [-0.4, -0.2) is 24.4 Å². The third-order valence-electron chi connectivity index (χ3n) is 2.03. The summed E-state index contributed by atoms with van der Waals surface area (Å²) in [7, 11) is 1.78. The zero-order valence-corrected chi connectivity index (χ0v) is 8.44. The van der Waals surface area contributed by atoms with Gasteiger partial charge in [-0.25, -0.2) is 0 Å². The summed E-state index contributed by atoms with van der Waals surface area (Å²) in [5, 5.41) is 0. The minimum atomic E-state index is 0.121. The Labute approximate surface area is 84.9 Å². The average molecular weight is 189 g/mol. The number of benzene rings is 1. The molecule has 0 saturated carbocycles. The molecule has 2 nitrogen and oxygen atoms in total. The quantitative estimate of drug-likeness (QED) is 0.662. The van der Waals surface area contributed by atoms with Crippen molar-refractivity contribution in [3.63, 3.8) is 0 Å². The molecule has 1 aromatic rings. The van der Waals surface area contributed by atoms with Gasteiger partial charge in [0.15, 0.2) is 0 Å². The van der Waals surface area contributed by atoms with Crippen LogP contribution in [0.25, 0.3) is 0 Å². The van der Waals surface area contributed by atoms with E-state index in [4.69, 9.17) is 0 Å². The van der Waals surface area contributed by atoms with Crippen molar-refractivity contribution in [2.24, 2.45) is 0 Å². The lowest BCUT2D eigenvalue weighted by Gasteiger charge is -2.14. The molecule has 2 heteroatoms. The molecule has 0 atom stereocenters. The molecule has 0 bridgehead atoms. The van der Waals surface area contributed by atoms with E-state index >= 15 is 0 Å². The van der Waals surface area contributed by atoms with E-state index < -0.39 is 0 Å². The fourth-order valence-corrected chi connectivity index (χ4v) is 1.20. The first-order chi connectivity index (χ1) is 6.74. The molecule has 0 N–H and O–H groups in total. The summed E-state index contributed by atoms with van der Waals surface area (Å²) in [5.74, 6) is 0.121. The second kappa shape index (κ2) is 5.22. The molecule has 0 aliphatic carbocycles. The summed E-state index contributed by atoms with van der Waals surface area (Å²) in [5.41, 5.74) is 1.05. The topological polar surface area (TPSA) is 20.3 Å². The van der Waals surface area contributed by atoms with Crippen molar-refractivity contribution < 1.29 is 4.79 Å². The van der Waals surface area contributed by atoms with Gasteiger partial charge in [0.2, 0.25) is 5.91 Å². The molecule has 1 rings (SSSR count). The van der Waals surface area contributed by atoms with Crippen LogP contribution in [0.1, 0.15) is 5.56 Å². The number of carbonyl (C=O) groups excluding carboxylic acids is 1. The van der Waals surface area contributed by atoms with Crippen LogP contribution in [-0.2, 0) is 11.2 Å². The summed E-state index contributed by atoms with van der Waals surface area (Å²) in [4.78, 5) is 13.2. The van der Waals surface area contributed by atoms with Gasteiger partial charge in [-0.15, -0.1) is 6.58 Å². The second-order valence-corrected chi connectivity index (χ2v) is 3.23. The minimum absolute atomic E-state index is 0.121. The Bertz CT molecular complexity index is 305. The predicted octanol–water partition coefficient (Wildman–Crippen LogP) is 1.87. The van der Waals surface area contributed by atoms with E-state index in [0.717, 1.165) is 5.56 Å². The number of rotatable bonds is 4. The van der Waals surface area contributed by atoms with Crippen molar-refractivity contribution in [2.45, 2.75) is 6.42 Å². The summed E-state index contributed by atoms with van der Waals surface area (Å²) in [6.07, 6.45) is 2.19. The summed E-state index contributed by atoms with van der Waals surface area (Å²) >= 11 is 0. The second-order valence-electron chi connectivity index (χ2n) is 3.23. The van der Waals surface area contributed by atoms with Crippen molar-refractivity contribution in [1.82, 2.24) is 4.90 Å². The Morgan fingerprint density at radius 2 is 2.07 bits per heavy atom. The number of nitrogens with zero attached hydrogens (tertiary/aromatic N) is 1. The Hall–Kier alpha value is -1.57. The normalized spacial score (nSPS) is 9.50. The molecule has 0 aliphatic heterocycles. The van der Waals surface area contributed by atoms with Gasteiger partial charge >= 0.3 is 0 Å². The third kappa shape index (κ3) is 3.05. The van der Waals surface area contributed by atoms with Crippen LogP contribution in [0.2, 0.25) is 0 Å². The lowest BCUT2D eigenvalue weighted by atomic mass is 10.1. The molecule has 74 valence electrons. The Kier molecular flexibility index (Phi) is 3.92. The fraction of sp³-hybridized carbons (Fsp3) is 0.250. The standard InChI is InChI=1S/C12H15NO/c1-3-9-13(2)12(14)10-11-7-5-4-6-8-11/h3-8H,1,9-10H2,2H3. The maximum absolute atomic E-state index is 11.6. The third-order valence-corrected chi connectivity index (χ3v) is 2.03. The van der Waals surface area contributed by atoms with E-state index in [2.05, 4.69) is 6.58 Å². The number of amides is 1. The van der Waals surface area contributed by atoms with E-state index in [0.29, 0.717) is 13.0 Å². The fourth-order valence-electron chi connectivity index (χ4n) is 1.20. The number of carbonyl (C=O) groups is 1. The smallest absolute Gasteiger partial charge is 0.227 e. The molecule has 0 saturated heterocycles. The lowest BCUT2D eigenvalue weighted by Crippen LogP contribution is -2.28. The highest BCUT2D eigenvalue weighted by Gasteiger charge is 2.06. The van der Waals surface area contributed by atoms with Crippen molar-refractivity contribution in [2.75, 3.05) is 13.6 Å². The average Bonchev–Trinajstić information content (AvgIpc) is 2.19. The van der Waals surface area contributed by atoms with E-state index in [1.165, 1.54) is 0 Å². The zero-order chi connectivity index (χ0) is 10.4. The van der Waals surface area contributed by atoms with Gasteiger partial charge in [0.25, 0.3) is 0 Å². The first-order valence-corrected chi connectivity index (χ1v) is 4.63. The molecule has 0 spiro atoms. The highest BCUT2D eigenvalue weighted by Crippen LogP contribution is 2.01. The van der Waals surface area contributed by atoms with Crippen LogP contribution < -0.4 is 0 Å². The Morgan fingerprint density at radius 3 is 2.64 bits per heavy atom. The Morgan fingerprint density at radius 1 is 1.43 bits per heavy atom. The van der Waals surface area contributed by atoms with Crippen LogP contribution in [0.4, 0.5) is 0 Å². The Balaban J connectivity index is 2.53. The SMILES string of the molecule is C=CCN(C)C(=O)Cc1ccccc1. The van der Waals surface area contributed by atoms with E-state index in [1.54, 1.807) is 18.0 Å². The molecule has 0 fully saturated rings. The monoisotopic (exact) mass is 189 g/mol. The van der Waals surface area contributed by atoms with Gasteiger partial charge in [-0.2, -0.15) is 0 Å². The summed E-state index contributed by atoms with van der Waals surface area (Å²) in [6, 6.07) is 9.74. The molecular formula is C12H15NO. The van der Waals surface area contributed by atoms with Crippen LogP contribution in [0.5, 0.6) is 0 Å². The minimum Gasteiger partial charge on any atom is -0.342 e. The van der Waals surface area contributed by atoms with Crippen molar-refractivity contribution in [3.8, 4) is 0 Å². The number of hydrogen-bond acceptors (Lipinski definition) is 1. The molecule has 1 aromatic carbocycles. The van der Waals surface area contributed by atoms with Gasteiger partial charge in [-0.3, -0.25) is 4.79 Å². The molecule has 0 aromatic heterocycles.